The van der Waals surface area contributed by atoms with Crippen LogP contribution in [0, 0.1) is 0 Å². The fourth-order valence-corrected chi connectivity index (χ4v) is 0.559. The van der Waals surface area contributed by atoms with Crippen LogP contribution in [0.4, 0.5) is 0 Å². The number of hydrogen-bond acceptors (Lipinski definition) is 0. The van der Waals surface area contributed by atoms with Crippen LogP contribution < -0.4 is 0 Å². The van der Waals surface area contributed by atoms with E-state index in [2.05, 4.69) is 5.32 Å². The van der Waals surface area contributed by atoms with Crippen LogP contribution in [0.5, 0.6) is 0 Å². The van der Waals surface area contributed by atoms with Crippen LogP contribution >= 0.6 is 0 Å². The minimum atomic E-state index is 0. The maximum Gasteiger partial charge on any atom is 0 e. The molecule has 0 spiro atoms. The maximum absolute atomic E-state index is 4.08. The Hall–Kier alpha value is 0.583. The molecule has 1 fully saturated rings. The molecule has 0 aromatic rings. The Balaban J connectivity index is 0.000000250. The van der Waals surface area contributed by atoms with Crippen LogP contribution in [-0.2, 0) is 19.5 Å². The molecule has 1 rings (SSSR count). The van der Waals surface area contributed by atoms with Crippen LogP contribution in [0.3, 0.4) is 0 Å². The SMILES string of the molecule is C1CC[N-]C1.[Rh]. The molecule has 0 saturated carbocycles. The minimum Gasteiger partial charge on any atom is -0.662 e. The first-order valence-electron chi connectivity index (χ1n) is 2.13. The van der Waals surface area contributed by atoms with Gasteiger partial charge in [0.05, 0.1) is 0 Å². The van der Waals surface area contributed by atoms with Crippen LogP contribution in [0.2, 0.25) is 0 Å². The van der Waals surface area contributed by atoms with Gasteiger partial charge in [0, 0.05) is 19.5 Å². The van der Waals surface area contributed by atoms with Gasteiger partial charge in [-0.15, -0.1) is 13.1 Å². The van der Waals surface area contributed by atoms with E-state index >= 15 is 0 Å². The van der Waals surface area contributed by atoms with Crippen LogP contribution in [0.1, 0.15) is 12.8 Å². The van der Waals surface area contributed by atoms with E-state index in [-0.39, 0.29) is 19.5 Å². The molecular weight excluding hydrogens is 165 g/mol. The van der Waals surface area contributed by atoms with Crippen molar-refractivity contribution in [1.29, 1.82) is 0 Å². The van der Waals surface area contributed by atoms with Crippen molar-refractivity contribution < 1.29 is 19.5 Å². The third-order valence-electron chi connectivity index (χ3n) is 0.882. The third kappa shape index (κ3) is 1.89. The molecule has 1 radical (unpaired) electrons. The summed E-state index contributed by atoms with van der Waals surface area (Å²) in [7, 11) is 0. The molecule has 0 aromatic heterocycles. The monoisotopic (exact) mass is 173 g/mol. The molecule has 0 N–H and O–H groups in total. The summed E-state index contributed by atoms with van der Waals surface area (Å²) >= 11 is 0. The van der Waals surface area contributed by atoms with Crippen molar-refractivity contribution in [3.63, 3.8) is 0 Å². The second-order valence-corrected chi connectivity index (χ2v) is 1.38. The van der Waals surface area contributed by atoms with E-state index in [0.717, 1.165) is 13.1 Å². The van der Waals surface area contributed by atoms with Gasteiger partial charge in [-0.2, -0.15) is 0 Å². The van der Waals surface area contributed by atoms with E-state index < -0.39 is 0 Å². The molecule has 1 saturated heterocycles. The van der Waals surface area contributed by atoms with Gasteiger partial charge in [-0.1, -0.05) is 12.8 Å². The van der Waals surface area contributed by atoms with Crippen molar-refractivity contribution >= 4 is 0 Å². The summed E-state index contributed by atoms with van der Waals surface area (Å²) in [5.74, 6) is 0. The van der Waals surface area contributed by atoms with Gasteiger partial charge in [-0.3, -0.25) is 0 Å². The molecule has 1 nitrogen and oxygen atoms in total. The quantitative estimate of drug-likeness (QED) is 0.488. The zero-order valence-corrected chi connectivity index (χ0v) is 5.25. The van der Waals surface area contributed by atoms with Gasteiger partial charge in [0.15, 0.2) is 0 Å². The summed E-state index contributed by atoms with van der Waals surface area (Å²) in [5.41, 5.74) is 0. The van der Waals surface area contributed by atoms with Gasteiger partial charge in [-0.05, 0) is 0 Å². The second kappa shape index (κ2) is 3.76. The third-order valence-corrected chi connectivity index (χ3v) is 0.882. The molecule has 6 heavy (non-hydrogen) atoms. The van der Waals surface area contributed by atoms with E-state index in [1.54, 1.807) is 0 Å². The van der Waals surface area contributed by atoms with Crippen molar-refractivity contribution in [2.75, 3.05) is 13.1 Å². The van der Waals surface area contributed by atoms with E-state index in [1.165, 1.54) is 12.8 Å². The van der Waals surface area contributed by atoms with Gasteiger partial charge in [0.2, 0.25) is 0 Å². The number of hydrogen-bond donors (Lipinski definition) is 0. The Labute approximate surface area is 51.3 Å². The number of nitrogens with zero attached hydrogens (tertiary/aromatic N) is 1. The van der Waals surface area contributed by atoms with E-state index in [1.807, 2.05) is 0 Å². The fraction of sp³-hybridized carbons (Fsp3) is 1.00. The first-order chi connectivity index (χ1) is 2.50. The molecule has 1 heterocycles. The molecule has 0 bridgehead atoms. The molecule has 0 atom stereocenters. The normalized spacial score (nSPS) is 20.0. The average molecular weight is 173 g/mol. The largest absolute Gasteiger partial charge is 0.662 e. The molecule has 0 unspecified atom stereocenters. The predicted octanol–water partition coefficient (Wildman–Crippen LogP) is 1.15. The molecule has 0 aromatic carbocycles. The Morgan fingerprint density at radius 2 is 1.50 bits per heavy atom. The molecule has 2 heteroatoms. The van der Waals surface area contributed by atoms with E-state index in [0.29, 0.717) is 0 Å². The summed E-state index contributed by atoms with van der Waals surface area (Å²) in [5, 5.41) is 4.08. The minimum absolute atomic E-state index is 0. The summed E-state index contributed by atoms with van der Waals surface area (Å²) in [6.45, 7) is 2.25. The van der Waals surface area contributed by atoms with Crippen molar-refractivity contribution in [2.45, 2.75) is 12.8 Å². The van der Waals surface area contributed by atoms with Crippen molar-refractivity contribution in [1.82, 2.24) is 0 Å². The van der Waals surface area contributed by atoms with Crippen molar-refractivity contribution in [3.8, 4) is 0 Å². The van der Waals surface area contributed by atoms with Crippen LogP contribution in [-0.4, -0.2) is 13.1 Å². The average Bonchev–Trinajstić information content (AvgIpc) is 1.76. The summed E-state index contributed by atoms with van der Waals surface area (Å²) in [6.07, 6.45) is 2.67. The van der Waals surface area contributed by atoms with Crippen molar-refractivity contribution in [2.24, 2.45) is 0 Å². The summed E-state index contributed by atoms with van der Waals surface area (Å²) in [6, 6.07) is 0. The van der Waals surface area contributed by atoms with Gasteiger partial charge in [-0.25, -0.2) is 0 Å². The van der Waals surface area contributed by atoms with Crippen molar-refractivity contribution in [3.05, 3.63) is 5.32 Å². The Morgan fingerprint density at radius 3 is 1.67 bits per heavy atom. The summed E-state index contributed by atoms with van der Waals surface area (Å²) < 4.78 is 0. The fourth-order valence-electron chi connectivity index (χ4n) is 0.559. The van der Waals surface area contributed by atoms with Crippen LogP contribution in [0.15, 0.2) is 0 Å². The van der Waals surface area contributed by atoms with Gasteiger partial charge < -0.3 is 5.32 Å². The van der Waals surface area contributed by atoms with E-state index in [9.17, 15) is 0 Å². The predicted molar refractivity (Wildman–Crippen MR) is 22.3 cm³/mol. The Kier molecular flexibility index (Phi) is 4.13. The molecule has 39 valence electrons. The summed E-state index contributed by atoms with van der Waals surface area (Å²) in [4.78, 5) is 0. The van der Waals surface area contributed by atoms with E-state index in [4.69, 9.17) is 0 Å². The second-order valence-electron chi connectivity index (χ2n) is 1.38. The van der Waals surface area contributed by atoms with Crippen LogP contribution in [0.25, 0.3) is 5.32 Å². The Morgan fingerprint density at radius 1 is 1.00 bits per heavy atom. The zero-order chi connectivity index (χ0) is 3.54. The Bertz CT molecular complexity index is 19.1. The first-order valence-corrected chi connectivity index (χ1v) is 2.13. The van der Waals surface area contributed by atoms with Gasteiger partial charge in [0.1, 0.15) is 0 Å². The molecular formula is C4H8NRh-. The zero-order valence-electron chi connectivity index (χ0n) is 3.61. The maximum atomic E-state index is 4.08. The van der Waals surface area contributed by atoms with Gasteiger partial charge >= 0.3 is 0 Å². The van der Waals surface area contributed by atoms with Gasteiger partial charge in [0.25, 0.3) is 0 Å². The molecule has 0 aliphatic carbocycles. The number of rotatable bonds is 0. The standard InChI is InChI=1S/C4H8N.Rh/c1-2-4-5-3-1;/h1-4H2;/q-1;. The molecule has 0 amide bonds. The smallest absolute Gasteiger partial charge is 0 e. The molecule has 1 aliphatic heterocycles. The molecule has 1 aliphatic rings. The topological polar surface area (TPSA) is 14.1 Å². The first kappa shape index (κ1) is 6.58.